The fourth-order valence-corrected chi connectivity index (χ4v) is 4.37. The van der Waals surface area contributed by atoms with Gasteiger partial charge in [0.05, 0.1) is 30.4 Å². The number of ketones is 1. The van der Waals surface area contributed by atoms with Crippen molar-refractivity contribution >= 4 is 28.4 Å². The van der Waals surface area contributed by atoms with E-state index in [0.29, 0.717) is 43.2 Å². The van der Waals surface area contributed by atoms with Gasteiger partial charge in [-0.1, -0.05) is 25.1 Å². The summed E-state index contributed by atoms with van der Waals surface area (Å²) in [5.41, 5.74) is 2.07. The van der Waals surface area contributed by atoms with E-state index in [-0.39, 0.29) is 11.3 Å². The minimum atomic E-state index is -0.706. The van der Waals surface area contributed by atoms with E-state index in [1.807, 2.05) is 45.0 Å². The molecule has 4 rings (SSSR count). The number of ether oxygens (including phenoxy) is 2. The molecule has 0 bridgehead atoms. The Morgan fingerprint density at radius 1 is 1.06 bits per heavy atom. The number of likely N-dealkylation sites (tertiary alicyclic amines) is 1. The molecule has 0 spiro atoms. The van der Waals surface area contributed by atoms with Gasteiger partial charge in [0.25, 0.3) is 11.7 Å². The van der Waals surface area contributed by atoms with Gasteiger partial charge in [0.15, 0.2) is 0 Å². The molecule has 172 valence electrons. The highest BCUT2D eigenvalue weighted by molar-refractivity contribution is 6.46. The van der Waals surface area contributed by atoms with Crippen LogP contribution in [0, 0.1) is 0 Å². The normalized spacial score (nSPS) is 17.7. The maximum Gasteiger partial charge on any atom is 0.295 e. The maximum absolute atomic E-state index is 13.2. The first-order valence-electron chi connectivity index (χ1n) is 11.3. The summed E-state index contributed by atoms with van der Waals surface area (Å²) in [6, 6.07) is 12.0. The number of aliphatic hydroxyl groups excluding tert-OH is 1. The molecule has 0 saturated carbocycles. The van der Waals surface area contributed by atoms with E-state index >= 15 is 0 Å². The molecule has 33 heavy (non-hydrogen) atoms. The van der Waals surface area contributed by atoms with Crippen molar-refractivity contribution in [3.05, 3.63) is 65.4 Å². The van der Waals surface area contributed by atoms with Crippen molar-refractivity contribution in [1.29, 1.82) is 0 Å². The number of nitrogens with zero attached hydrogens (tertiary/aromatic N) is 1. The number of para-hydroxylation sites is 1. The van der Waals surface area contributed by atoms with Crippen molar-refractivity contribution in [2.75, 3.05) is 19.8 Å². The molecular formula is C26H28N2O5. The molecule has 7 nitrogen and oxygen atoms in total. The van der Waals surface area contributed by atoms with Gasteiger partial charge in [-0.15, -0.1) is 0 Å². The Balaban J connectivity index is 1.93. The number of aromatic nitrogens is 1. The molecule has 2 heterocycles. The first-order valence-corrected chi connectivity index (χ1v) is 11.3. The van der Waals surface area contributed by atoms with Gasteiger partial charge in [0, 0.05) is 35.3 Å². The third kappa shape index (κ3) is 3.95. The van der Waals surface area contributed by atoms with Crippen molar-refractivity contribution in [3.63, 3.8) is 0 Å². The molecule has 1 saturated heterocycles. The number of amides is 1. The number of nitrogens with one attached hydrogen (secondary N) is 1. The third-order valence-corrected chi connectivity index (χ3v) is 5.74. The number of benzene rings is 2. The van der Waals surface area contributed by atoms with Crippen LogP contribution in [0.4, 0.5) is 0 Å². The molecule has 2 N–H and O–H groups in total. The summed E-state index contributed by atoms with van der Waals surface area (Å²) in [7, 11) is 0. The van der Waals surface area contributed by atoms with Gasteiger partial charge in [-0.2, -0.15) is 0 Å². The van der Waals surface area contributed by atoms with E-state index in [1.54, 1.807) is 29.3 Å². The Morgan fingerprint density at radius 2 is 1.82 bits per heavy atom. The molecule has 7 heteroatoms. The lowest BCUT2D eigenvalue weighted by Crippen LogP contribution is -2.30. The van der Waals surface area contributed by atoms with Crippen LogP contribution in [0.5, 0.6) is 11.5 Å². The van der Waals surface area contributed by atoms with Gasteiger partial charge < -0.3 is 24.5 Å². The number of fused-ring (bicyclic) bond motifs is 1. The van der Waals surface area contributed by atoms with Crippen LogP contribution >= 0.6 is 0 Å². The highest BCUT2D eigenvalue weighted by Crippen LogP contribution is 2.43. The van der Waals surface area contributed by atoms with Crippen LogP contribution in [-0.4, -0.2) is 46.4 Å². The Kier molecular flexibility index (Phi) is 6.40. The molecule has 0 aliphatic carbocycles. The molecule has 1 aliphatic heterocycles. The minimum Gasteiger partial charge on any atom is -0.507 e. The topological polar surface area (TPSA) is 91.9 Å². The first-order chi connectivity index (χ1) is 16.0. The Morgan fingerprint density at radius 3 is 2.55 bits per heavy atom. The van der Waals surface area contributed by atoms with Crippen LogP contribution in [0.15, 0.2) is 54.2 Å². The zero-order valence-corrected chi connectivity index (χ0v) is 19.1. The third-order valence-electron chi connectivity index (χ3n) is 5.74. The van der Waals surface area contributed by atoms with Crippen molar-refractivity contribution in [2.24, 2.45) is 0 Å². The Bertz CT molecular complexity index is 1230. The fourth-order valence-electron chi connectivity index (χ4n) is 4.37. The summed E-state index contributed by atoms with van der Waals surface area (Å²) >= 11 is 0. The number of Topliss-reactive ketones (excluding diaryl/α,β-unsaturated/α-hetero) is 1. The molecular weight excluding hydrogens is 420 g/mol. The van der Waals surface area contributed by atoms with Gasteiger partial charge in [-0.05, 0) is 38.5 Å². The number of carbonyl (C=O) groups excluding carboxylic acids is 2. The second-order valence-corrected chi connectivity index (χ2v) is 7.81. The monoisotopic (exact) mass is 448 g/mol. The molecule has 1 amide bonds. The van der Waals surface area contributed by atoms with E-state index in [9.17, 15) is 14.7 Å². The number of aliphatic hydroxyl groups is 1. The standard InChI is InChI=1S/C26H28N2O5/c1-4-13-28-23(19-15-27-20-10-8-7-9-17(19)20)22(25(30)26(28)31)24(29)18-12-11-16(32-5-2)14-21(18)33-6-3/h7-12,14-15,23,27,29H,4-6,13H2,1-3H3/b24-22+. The lowest BCUT2D eigenvalue weighted by Gasteiger charge is -2.24. The summed E-state index contributed by atoms with van der Waals surface area (Å²) in [6.07, 6.45) is 2.48. The molecule has 0 radical (unpaired) electrons. The van der Waals surface area contributed by atoms with Crippen LogP contribution in [0.25, 0.3) is 16.7 Å². The summed E-state index contributed by atoms with van der Waals surface area (Å²) in [5, 5.41) is 12.3. The smallest absolute Gasteiger partial charge is 0.295 e. The fraction of sp³-hybridized carbons (Fsp3) is 0.308. The number of rotatable bonds is 8. The van der Waals surface area contributed by atoms with Crippen LogP contribution in [0.2, 0.25) is 0 Å². The largest absolute Gasteiger partial charge is 0.507 e. The van der Waals surface area contributed by atoms with Crippen LogP contribution in [0.3, 0.4) is 0 Å². The SMILES string of the molecule is CCCN1C(=O)C(=O)/C(=C(/O)c2ccc(OCC)cc2OCC)C1c1c[nH]c2ccccc12. The van der Waals surface area contributed by atoms with E-state index in [2.05, 4.69) is 4.98 Å². The lowest BCUT2D eigenvalue weighted by molar-refractivity contribution is -0.139. The predicted molar refractivity (Wildman–Crippen MR) is 126 cm³/mol. The van der Waals surface area contributed by atoms with Gasteiger partial charge in [0.2, 0.25) is 0 Å². The predicted octanol–water partition coefficient (Wildman–Crippen LogP) is 4.80. The number of aromatic amines is 1. The van der Waals surface area contributed by atoms with Gasteiger partial charge >= 0.3 is 0 Å². The summed E-state index contributed by atoms with van der Waals surface area (Å²) in [5.74, 6) is -0.587. The van der Waals surface area contributed by atoms with Crippen molar-refractivity contribution < 1.29 is 24.2 Å². The van der Waals surface area contributed by atoms with Gasteiger partial charge in [-0.3, -0.25) is 9.59 Å². The molecule has 1 fully saturated rings. The quantitative estimate of drug-likeness (QED) is 0.293. The number of hydrogen-bond donors (Lipinski definition) is 2. The Hall–Kier alpha value is -3.74. The zero-order valence-electron chi connectivity index (χ0n) is 19.1. The number of carbonyl (C=O) groups is 2. The minimum absolute atomic E-state index is 0.0586. The molecule has 1 aromatic heterocycles. The molecule has 1 aliphatic rings. The van der Waals surface area contributed by atoms with E-state index in [0.717, 1.165) is 16.5 Å². The average molecular weight is 449 g/mol. The van der Waals surface area contributed by atoms with E-state index in [4.69, 9.17) is 9.47 Å². The average Bonchev–Trinajstić information content (AvgIpc) is 3.34. The highest BCUT2D eigenvalue weighted by atomic mass is 16.5. The van der Waals surface area contributed by atoms with Crippen LogP contribution < -0.4 is 9.47 Å². The molecule has 1 unspecified atom stereocenters. The maximum atomic E-state index is 13.2. The summed E-state index contributed by atoms with van der Waals surface area (Å²) in [4.78, 5) is 31.0. The Labute approximate surface area is 192 Å². The van der Waals surface area contributed by atoms with Crippen LogP contribution in [-0.2, 0) is 9.59 Å². The van der Waals surface area contributed by atoms with E-state index in [1.165, 1.54) is 0 Å². The van der Waals surface area contributed by atoms with Crippen molar-refractivity contribution in [3.8, 4) is 11.5 Å². The van der Waals surface area contributed by atoms with Crippen LogP contribution in [0.1, 0.15) is 44.4 Å². The summed E-state index contributed by atoms with van der Waals surface area (Å²) in [6.45, 7) is 6.91. The molecule has 1 atom stereocenters. The second-order valence-electron chi connectivity index (χ2n) is 7.81. The molecule has 2 aromatic carbocycles. The number of H-pyrrole nitrogens is 1. The van der Waals surface area contributed by atoms with Gasteiger partial charge in [-0.25, -0.2) is 0 Å². The van der Waals surface area contributed by atoms with E-state index < -0.39 is 17.7 Å². The first kappa shape index (κ1) is 22.5. The lowest BCUT2D eigenvalue weighted by atomic mass is 9.94. The summed E-state index contributed by atoms with van der Waals surface area (Å²) < 4.78 is 11.3. The molecule has 3 aromatic rings. The van der Waals surface area contributed by atoms with Crippen molar-refractivity contribution in [2.45, 2.75) is 33.2 Å². The highest BCUT2D eigenvalue weighted by Gasteiger charge is 2.46. The second kappa shape index (κ2) is 9.40. The number of hydrogen-bond acceptors (Lipinski definition) is 5. The van der Waals surface area contributed by atoms with Gasteiger partial charge in [0.1, 0.15) is 17.3 Å². The van der Waals surface area contributed by atoms with Crippen molar-refractivity contribution in [1.82, 2.24) is 9.88 Å². The zero-order chi connectivity index (χ0) is 23.5.